The third-order valence-corrected chi connectivity index (χ3v) is 3.30. The zero-order chi connectivity index (χ0) is 11.1. The van der Waals surface area contributed by atoms with Gasteiger partial charge in [-0.3, -0.25) is 0 Å². The van der Waals surface area contributed by atoms with E-state index in [1.54, 1.807) is 0 Å². The molecule has 0 saturated heterocycles. The molecular weight excluding hydrogens is 188 g/mol. The van der Waals surface area contributed by atoms with Gasteiger partial charge in [-0.1, -0.05) is 13.8 Å². The lowest BCUT2D eigenvalue weighted by Crippen LogP contribution is -2.40. The molecule has 1 aliphatic rings. The van der Waals surface area contributed by atoms with E-state index in [9.17, 15) is 5.11 Å². The maximum atomic E-state index is 9.64. The first-order valence-corrected chi connectivity index (χ1v) is 6.41. The minimum Gasteiger partial charge on any atom is -0.392 e. The molecule has 0 heterocycles. The van der Waals surface area contributed by atoms with Crippen molar-refractivity contribution >= 4 is 0 Å². The summed E-state index contributed by atoms with van der Waals surface area (Å²) in [6, 6.07) is 0.352. The van der Waals surface area contributed by atoms with E-state index in [-0.39, 0.29) is 6.10 Å². The van der Waals surface area contributed by atoms with Crippen LogP contribution in [0.15, 0.2) is 0 Å². The smallest absolute Gasteiger partial charge is 0.0693 e. The summed E-state index contributed by atoms with van der Waals surface area (Å²) in [7, 11) is 0. The molecule has 3 heteroatoms. The second-order valence-electron chi connectivity index (χ2n) is 4.49. The van der Waals surface area contributed by atoms with Crippen LogP contribution in [0, 0.1) is 0 Å². The lowest BCUT2D eigenvalue weighted by atomic mass is 10.2. The molecule has 0 spiro atoms. The fraction of sp³-hybridized carbons (Fsp3) is 1.00. The standard InChI is InChI=1S/C12H26N2O/c1-3-9-14(4-2)10-8-13-11-6-5-7-12(11)15/h11-13,15H,3-10H2,1-2H3. The molecule has 0 aromatic rings. The second-order valence-corrected chi connectivity index (χ2v) is 4.49. The normalized spacial score (nSPS) is 26.4. The number of nitrogens with zero attached hydrogens (tertiary/aromatic N) is 1. The number of rotatable bonds is 7. The van der Waals surface area contributed by atoms with Crippen molar-refractivity contribution in [3.63, 3.8) is 0 Å². The SMILES string of the molecule is CCCN(CC)CCNC1CCCC1O. The lowest BCUT2D eigenvalue weighted by Gasteiger charge is -2.22. The third-order valence-electron chi connectivity index (χ3n) is 3.30. The molecule has 1 saturated carbocycles. The van der Waals surface area contributed by atoms with Crippen LogP contribution >= 0.6 is 0 Å². The molecule has 2 unspecified atom stereocenters. The number of aliphatic hydroxyl groups excluding tert-OH is 1. The molecule has 0 bridgehead atoms. The van der Waals surface area contributed by atoms with Crippen molar-refractivity contribution in [1.29, 1.82) is 0 Å². The van der Waals surface area contributed by atoms with Gasteiger partial charge in [0.25, 0.3) is 0 Å². The van der Waals surface area contributed by atoms with Crippen LogP contribution < -0.4 is 5.32 Å². The Balaban J connectivity index is 2.08. The molecule has 1 rings (SSSR count). The molecule has 3 nitrogen and oxygen atoms in total. The molecule has 0 aliphatic heterocycles. The molecule has 0 radical (unpaired) electrons. The van der Waals surface area contributed by atoms with Crippen LogP contribution in [0.4, 0.5) is 0 Å². The summed E-state index contributed by atoms with van der Waals surface area (Å²) in [5.41, 5.74) is 0. The van der Waals surface area contributed by atoms with Crippen molar-refractivity contribution in [3.8, 4) is 0 Å². The first-order chi connectivity index (χ1) is 7.27. The fourth-order valence-electron chi connectivity index (χ4n) is 2.33. The topological polar surface area (TPSA) is 35.5 Å². The molecule has 2 N–H and O–H groups in total. The Kier molecular flexibility index (Phi) is 6.22. The molecule has 15 heavy (non-hydrogen) atoms. The van der Waals surface area contributed by atoms with Gasteiger partial charge in [-0.15, -0.1) is 0 Å². The van der Waals surface area contributed by atoms with Crippen LogP contribution in [0.1, 0.15) is 39.5 Å². The van der Waals surface area contributed by atoms with Crippen LogP contribution in [0.2, 0.25) is 0 Å². The first kappa shape index (κ1) is 12.9. The van der Waals surface area contributed by atoms with Gasteiger partial charge in [-0.05, 0) is 38.8 Å². The van der Waals surface area contributed by atoms with Crippen molar-refractivity contribution in [3.05, 3.63) is 0 Å². The Hall–Kier alpha value is -0.120. The summed E-state index contributed by atoms with van der Waals surface area (Å²) in [6.45, 7) is 8.86. The van der Waals surface area contributed by atoms with E-state index in [0.29, 0.717) is 6.04 Å². The maximum Gasteiger partial charge on any atom is 0.0693 e. The van der Waals surface area contributed by atoms with E-state index >= 15 is 0 Å². The summed E-state index contributed by atoms with van der Waals surface area (Å²) >= 11 is 0. The van der Waals surface area contributed by atoms with Gasteiger partial charge in [0.1, 0.15) is 0 Å². The Labute approximate surface area is 93.9 Å². The number of nitrogens with one attached hydrogen (secondary N) is 1. The molecule has 1 aliphatic carbocycles. The maximum absolute atomic E-state index is 9.64. The van der Waals surface area contributed by atoms with E-state index in [2.05, 4.69) is 24.1 Å². The third kappa shape index (κ3) is 4.49. The van der Waals surface area contributed by atoms with E-state index in [1.807, 2.05) is 0 Å². The summed E-state index contributed by atoms with van der Waals surface area (Å²) < 4.78 is 0. The van der Waals surface area contributed by atoms with E-state index in [4.69, 9.17) is 0 Å². The van der Waals surface area contributed by atoms with Crippen LogP contribution in [0.5, 0.6) is 0 Å². The second kappa shape index (κ2) is 7.20. The van der Waals surface area contributed by atoms with Gasteiger partial charge in [0.15, 0.2) is 0 Å². The van der Waals surface area contributed by atoms with Crippen LogP contribution in [-0.4, -0.2) is 48.3 Å². The molecule has 1 fully saturated rings. The van der Waals surface area contributed by atoms with Crippen LogP contribution in [-0.2, 0) is 0 Å². The average molecular weight is 214 g/mol. The summed E-state index contributed by atoms with van der Waals surface area (Å²) in [5, 5.41) is 13.1. The van der Waals surface area contributed by atoms with Gasteiger partial charge >= 0.3 is 0 Å². The Morgan fingerprint density at radius 2 is 2.07 bits per heavy atom. The quantitative estimate of drug-likeness (QED) is 0.669. The van der Waals surface area contributed by atoms with E-state index < -0.39 is 0 Å². The van der Waals surface area contributed by atoms with Crippen LogP contribution in [0.3, 0.4) is 0 Å². The first-order valence-electron chi connectivity index (χ1n) is 6.41. The zero-order valence-corrected chi connectivity index (χ0v) is 10.2. The molecule has 90 valence electrons. The zero-order valence-electron chi connectivity index (χ0n) is 10.2. The number of hydrogen-bond acceptors (Lipinski definition) is 3. The average Bonchev–Trinajstić information content (AvgIpc) is 2.63. The number of hydrogen-bond donors (Lipinski definition) is 2. The molecule has 0 aromatic heterocycles. The van der Waals surface area contributed by atoms with E-state index in [0.717, 1.165) is 32.5 Å². The van der Waals surface area contributed by atoms with Crippen molar-refractivity contribution in [1.82, 2.24) is 10.2 Å². The Bertz CT molecular complexity index is 164. The van der Waals surface area contributed by atoms with Gasteiger partial charge in [-0.2, -0.15) is 0 Å². The van der Waals surface area contributed by atoms with Crippen molar-refractivity contribution < 1.29 is 5.11 Å². The number of aliphatic hydroxyl groups is 1. The minimum atomic E-state index is -0.105. The van der Waals surface area contributed by atoms with Gasteiger partial charge in [0.05, 0.1) is 6.10 Å². The highest BCUT2D eigenvalue weighted by atomic mass is 16.3. The van der Waals surface area contributed by atoms with Crippen LogP contribution in [0.25, 0.3) is 0 Å². The van der Waals surface area contributed by atoms with Gasteiger partial charge in [0, 0.05) is 19.1 Å². The molecule has 2 atom stereocenters. The largest absolute Gasteiger partial charge is 0.392 e. The van der Waals surface area contributed by atoms with Gasteiger partial charge < -0.3 is 15.3 Å². The fourth-order valence-corrected chi connectivity index (χ4v) is 2.33. The van der Waals surface area contributed by atoms with Gasteiger partial charge in [0.2, 0.25) is 0 Å². The predicted molar refractivity (Wildman–Crippen MR) is 64.1 cm³/mol. The minimum absolute atomic E-state index is 0.105. The molecule has 0 aromatic carbocycles. The summed E-state index contributed by atoms with van der Waals surface area (Å²) in [4.78, 5) is 2.45. The monoisotopic (exact) mass is 214 g/mol. The number of likely N-dealkylation sites (N-methyl/N-ethyl adjacent to an activating group) is 1. The predicted octanol–water partition coefficient (Wildman–Crippen LogP) is 1.22. The van der Waals surface area contributed by atoms with Gasteiger partial charge in [-0.25, -0.2) is 0 Å². The molecular formula is C12H26N2O. The summed E-state index contributed by atoms with van der Waals surface area (Å²) in [6.07, 6.45) is 4.40. The van der Waals surface area contributed by atoms with Crippen molar-refractivity contribution in [2.75, 3.05) is 26.2 Å². The highest BCUT2D eigenvalue weighted by Gasteiger charge is 2.24. The summed E-state index contributed by atoms with van der Waals surface area (Å²) in [5.74, 6) is 0. The highest BCUT2D eigenvalue weighted by Crippen LogP contribution is 2.18. The molecule has 0 amide bonds. The van der Waals surface area contributed by atoms with Crippen molar-refractivity contribution in [2.24, 2.45) is 0 Å². The Morgan fingerprint density at radius 3 is 2.60 bits per heavy atom. The Morgan fingerprint density at radius 1 is 1.27 bits per heavy atom. The lowest BCUT2D eigenvalue weighted by molar-refractivity contribution is 0.146. The van der Waals surface area contributed by atoms with Crippen molar-refractivity contribution in [2.45, 2.75) is 51.7 Å². The highest BCUT2D eigenvalue weighted by molar-refractivity contribution is 4.82. The van der Waals surface area contributed by atoms with E-state index in [1.165, 1.54) is 19.4 Å².